The van der Waals surface area contributed by atoms with Crippen LogP contribution < -0.4 is 20.2 Å². The second kappa shape index (κ2) is 14.5. The molecule has 0 unspecified atom stereocenters. The highest BCUT2D eigenvalue weighted by atomic mass is 19.1. The van der Waals surface area contributed by atoms with Crippen LogP contribution in [-0.4, -0.2) is 67.7 Å². The highest BCUT2D eigenvalue weighted by Gasteiger charge is 2.43. The molecule has 266 valence electrons. The van der Waals surface area contributed by atoms with Crippen molar-refractivity contribution in [2.45, 2.75) is 57.5 Å². The van der Waals surface area contributed by atoms with Crippen LogP contribution >= 0.6 is 0 Å². The number of carbonyl (C=O) groups is 1. The van der Waals surface area contributed by atoms with E-state index in [1.165, 1.54) is 34.9 Å². The molecule has 0 bridgehead atoms. The molecule has 0 amide bonds. The van der Waals surface area contributed by atoms with Crippen molar-refractivity contribution in [3.8, 4) is 11.4 Å². The van der Waals surface area contributed by atoms with Gasteiger partial charge in [0.15, 0.2) is 5.78 Å². The quantitative estimate of drug-likeness (QED) is 0.167. The molecule has 0 spiro atoms. The van der Waals surface area contributed by atoms with E-state index in [1.807, 2.05) is 43.3 Å². The van der Waals surface area contributed by atoms with Gasteiger partial charge in [0, 0.05) is 49.0 Å². The molecule has 1 aliphatic carbocycles. The number of nitrogens with zero attached hydrogens (tertiary/aromatic N) is 8. The zero-order valence-electron chi connectivity index (χ0n) is 28.9. The van der Waals surface area contributed by atoms with E-state index in [0.717, 1.165) is 62.2 Å². The summed E-state index contributed by atoms with van der Waals surface area (Å²) in [6, 6.07) is 19.3. The van der Waals surface area contributed by atoms with E-state index in [1.54, 1.807) is 17.1 Å². The molecule has 3 aromatic carbocycles. The molecule has 3 atom stereocenters. The van der Waals surface area contributed by atoms with Crippen LogP contribution in [-0.2, 0) is 16.8 Å². The standard InChI is InChI=1S/C38H42F2N8O3/c1-3-36(27(2)49)48-37(50)47(26-43-48)32-7-5-30(6-8-32)44-16-18-45(19-17-44)31-9-11-33(12-10-31)51-22-28-14-15-38(21-28,23-46-25-41-24-42-46)34-13-4-29(39)20-35(34)40/h4-13,20,24-26,28,36H,3,14-19,21-23H2,1-2H3/t28-,36-,38-/m1/s1. The number of hydrogen-bond donors (Lipinski definition) is 0. The third-order valence-electron chi connectivity index (χ3n) is 10.4. The van der Waals surface area contributed by atoms with Crippen molar-refractivity contribution in [3.63, 3.8) is 0 Å². The SMILES string of the molecule is CC[C@H](C(C)=O)n1ncn(-c2ccc(N3CCN(c4ccc(OC[C@@H]5CC[C@@](Cn6cncn6)(c6ccc(F)cc6F)C5)cc4)CC3)cc2)c1=O. The Bertz CT molecular complexity index is 2000. The molecule has 5 aromatic rings. The molecule has 1 saturated heterocycles. The summed E-state index contributed by atoms with van der Waals surface area (Å²) in [5.74, 6) is -0.203. The minimum absolute atomic E-state index is 0.0874. The first-order valence-electron chi connectivity index (χ1n) is 17.5. The largest absolute Gasteiger partial charge is 0.493 e. The summed E-state index contributed by atoms with van der Waals surface area (Å²) in [4.78, 5) is 33.6. The minimum atomic E-state index is -0.584. The lowest BCUT2D eigenvalue weighted by Gasteiger charge is -2.37. The first kappa shape index (κ1) is 34.1. The summed E-state index contributed by atoms with van der Waals surface area (Å²) < 4.78 is 39.5. The molecule has 7 rings (SSSR count). The van der Waals surface area contributed by atoms with E-state index in [4.69, 9.17) is 4.74 Å². The van der Waals surface area contributed by atoms with Crippen molar-refractivity contribution in [3.05, 3.63) is 113 Å². The number of halogens is 2. The first-order chi connectivity index (χ1) is 24.7. The number of piperazine rings is 1. The number of hydrogen-bond acceptors (Lipinski definition) is 8. The summed E-state index contributed by atoms with van der Waals surface area (Å²) in [6.45, 7) is 7.72. The Balaban J connectivity index is 0.925. The molecule has 13 heteroatoms. The van der Waals surface area contributed by atoms with Crippen molar-refractivity contribution < 1.29 is 18.3 Å². The second-order valence-corrected chi connectivity index (χ2v) is 13.7. The van der Waals surface area contributed by atoms with E-state index in [9.17, 15) is 14.0 Å². The zero-order valence-corrected chi connectivity index (χ0v) is 28.9. The zero-order chi connectivity index (χ0) is 35.5. The molecular formula is C38H42F2N8O3. The summed E-state index contributed by atoms with van der Waals surface area (Å²) in [5.41, 5.74) is 2.58. The monoisotopic (exact) mass is 696 g/mol. The summed E-state index contributed by atoms with van der Waals surface area (Å²) in [6.07, 6.45) is 7.38. The van der Waals surface area contributed by atoms with E-state index in [-0.39, 0.29) is 17.4 Å². The maximum absolute atomic E-state index is 15.0. The molecule has 3 heterocycles. The predicted molar refractivity (Wildman–Crippen MR) is 190 cm³/mol. The number of ketones is 1. The Kier molecular flexibility index (Phi) is 9.70. The first-order valence-corrected chi connectivity index (χ1v) is 17.5. The van der Waals surface area contributed by atoms with Gasteiger partial charge in [-0.25, -0.2) is 27.8 Å². The Morgan fingerprint density at radius 2 is 1.59 bits per heavy atom. The third kappa shape index (κ3) is 7.15. The molecule has 0 N–H and O–H groups in total. The smallest absolute Gasteiger partial charge is 0.351 e. The Hall–Kier alpha value is -5.33. The van der Waals surface area contributed by atoms with Crippen LogP contribution in [0.3, 0.4) is 0 Å². The average Bonchev–Trinajstić information content (AvgIpc) is 3.90. The average molecular weight is 697 g/mol. The predicted octanol–water partition coefficient (Wildman–Crippen LogP) is 5.59. The number of anilines is 2. The normalized spacial score (nSPS) is 19.7. The van der Waals surface area contributed by atoms with Gasteiger partial charge in [0.25, 0.3) is 0 Å². The Morgan fingerprint density at radius 3 is 2.20 bits per heavy atom. The van der Waals surface area contributed by atoms with Gasteiger partial charge in [-0.2, -0.15) is 10.2 Å². The number of Topliss-reactive ketones (excluding diaryl/α,β-unsaturated/α-hetero) is 1. The fourth-order valence-corrected chi connectivity index (χ4v) is 7.75. The lowest BCUT2D eigenvalue weighted by Crippen LogP contribution is -2.46. The number of carbonyl (C=O) groups excluding carboxylic acids is 1. The van der Waals surface area contributed by atoms with Gasteiger partial charge in [-0.15, -0.1) is 0 Å². The van der Waals surface area contributed by atoms with Crippen LogP contribution in [0.4, 0.5) is 20.2 Å². The molecule has 0 radical (unpaired) electrons. The molecule has 1 aliphatic heterocycles. The van der Waals surface area contributed by atoms with Crippen LogP contribution in [0.2, 0.25) is 0 Å². The third-order valence-corrected chi connectivity index (χ3v) is 10.4. The van der Waals surface area contributed by atoms with Crippen molar-refractivity contribution in [1.29, 1.82) is 0 Å². The van der Waals surface area contributed by atoms with Gasteiger partial charge >= 0.3 is 5.69 Å². The summed E-state index contributed by atoms with van der Waals surface area (Å²) >= 11 is 0. The maximum Gasteiger partial charge on any atom is 0.351 e. The van der Waals surface area contributed by atoms with Gasteiger partial charge in [-0.3, -0.25) is 9.48 Å². The lowest BCUT2D eigenvalue weighted by molar-refractivity contribution is -0.120. The summed E-state index contributed by atoms with van der Waals surface area (Å²) in [7, 11) is 0. The van der Waals surface area contributed by atoms with Crippen molar-refractivity contribution >= 4 is 17.2 Å². The molecule has 2 fully saturated rings. The second-order valence-electron chi connectivity index (χ2n) is 13.7. The number of ether oxygens (including phenoxy) is 1. The van der Waals surface area contributed by atoms with Gasteiger partial charge < -0.3 is 14.5 Å². The highest BCUT2D eigenvalue weighted by molar-refractivity contribution is 5.79. The van der Waals surface area contributed by atoms with Crippen LogP contribution in [0.1, 0.15) is 51.1 Å². The van der Waals surface area contributed by atoms with E-state index in [0.29, 0.717) is 37.2 Å². The summed E-state index contributed by atoms with van der Waals surface area (Å²) in [5, 5.41) is 8.46. The fourth-order valence-electron chi connectivity index (χ4n) is 7.75. The van der Waals surface area contributed by atoms with Gasteiger partial charge in [0.05, 0.1) is 18.8 Å². The Morgan fingerprint density at radius 1 is 0.922 bits per heavy atom. The number of aromatic nitrogens is 6. The topological polar surface area (TPSA) is 103 Å². The molecule has 51 heavy (non-hydrogen) atoms. The molecular weight excluding hydrogens is 654 g/mol. The highest BCUT2D eigenvalue weighted by Crippen LogP contribution is 2.46. The van der Waals surface area contributed by atoms with E-state index >= 15 is 4.39 Å². The minimum Gasteiger partial charge on any atom is -0.493 e. The Labute approximate surface area is 295 Å². The van der Waals surface area contributed by atoms with Crippen LogP contribution in [0.25, 0.3) is 5.69 Å². The van der Waals surface area contributed by atoms with Gasteiger partial charge in [0.1, 0.15) is 42.4 Å². The molecule has 11 nitrogen and oxygen atoms in total. The van der Waals surface area contributed by atoms with Crippen molar-refractivity contribution in [1.82, 2.24) is 29.1 Å². The van der Waals surface area contributed by atoms with E-state index < -0.39 is 23.1 Å². The lowest BCUT2D eigenvalue weighted by atomic mass is 9.77. The van der Waals surface area contributed by atoms with Crippen molar-refractivity contribution in [2.24, 2.45) is 5.92 Å². The van der Waals surface area contributed by atoms with Gasteiger partial charge in [0.2, 0.25) is 0 Å². The molecule has 2 aromatic heterocycles. The maximum atomic E-state index is 15.0. The number of benzene rings is 3. The van der Waals surface area contributed by atoms with Crippen LogP contribution in [0, 0.1) is 17.6 Å². The van der Waals surface area contributed by atoms with Crippen molar-refractivity contribution in [2.75, 3.05) is 42.6 Å². The van der Waals surface area contributed by atoms with Crippen LogP contribution in [0.15, 0.2) is 90.5 Å². The number of rotatable bonds is 12. The molecule has 2 aliphatic rings. The van der Waals surface area contributed by atoms with Gasteiger partial charge in [-0.05, 0) is 98.7 Å². The molecule has 1 saturated carbocycles. The van der Waals surface area contributed by atoms with Gasteiger partial charge in [-0.1, -0.05) is 13.0 Å². The van der Waals surface area contributed by atoms with Crippen LogP contribution in [0.5, 0.6) is 5.75 Å². The fraction of sp³-hybridized carbons (Fsp3) is 0.395. The van der Waals surface area contributed by atoms with E-state index in [2.05, 4.69) is 37.1 Å².